The molecule has 138 valence electrons. The van der Waals surface area contributed by atoms with E-state index < -0.39 is 9.84 Å². The molecule has 0 spiro atoms. The van der Waals surface area contributed by atoms with E-state index in [2.05, 4.69) is 26.9 Å². The summed E-state index contributed by atoms with van der Waals surface area (Å²) in [4.78, 5) is 17.9. The topological polar surface area (TPSA) is 57.7 Å². The van der Waals surface area contributed by atoms with Gasteiger partial charge >= 0.3 is 0 Å². The van der Waals surface area contributed by atoms with Gasteiger partial charge in [0.15, 0.2) is 9.84 Å². The molecule has 1 amide bonds. The number of hydrogen-bond donors (Lipinski definition) is 0. The summed E-state index contributed by atoms with van der Waals surface area (Å²) in [6.07, 6.45) is 0.840. The number of nitrogens with zero attached hydrogens (tertiary/aromatic N) is 2. The number of thiophene rings is 1. The highest BCUT2D eigenvalue weighted by Gasteiger charge is 2.49. The van der Waals surface area contributed by atoms with Crippen LogP contribution in [-0.2, 0) is 21.1 Å². The maximum Gasteiger partial charge on any atom is 0.241 e. The van der Waals surface area contributed by atoms with Gasteiger partial charge in [-0.3, -0.25) is 9.69 Å². The second kappa shape index (κ2) is 7.07. The summed E-state index contributed by atoms with van der Waals surface area (Å²) in [5, 5.41) is 2.04. The first-order chi connectivity index (χ1) is 12.4. The zero-order valence-corrected chi connectivity index (χ0v) is 17.3. The second-order valence-electron chi connectivity index (χ2n) is 6.75. The molecule has 2 atom stereocenters. The van der Waals surface area contributed by atoms with Crippen molar-refractivity contribution in [1.82, 2.24) is 4.90 Å². The number of carbonyl (C=O) groups is 1. The molecule has 2 aliphatic heterocycles. The number of carbonyl (C=O) groups excluding carboxylic acids is 1. The average Bonchev–Trinajstić information content (AvgIpc) is 3.20. The fraction of sp³-hybridized carbons (Fsp3) is 0.389. The second-order valence-corrected chi connectivity index (χ2v) is 10.9. The molecule has 3 heterocycles. The summed E-state index contributed by atoms with van der Waals surface area (Å²) < 4.78 is 25.6. The Balaban J connectivity index is 1.60. The van der Waals surface area contributed by atoms with Crippen molar-refractivity contribution in [2.24, 2.45) is 0 Å². The number of fused-ring (bicyclic) bond motifs is 1. The number of amides is 1. The molecule has 5 nitrogen and oxygen atoms in total. The minimum Gasteiger partial charge on any atom is -0.306 e. The first-order valence-corrected chi connectivity index (χ1v) is 12.0. The van der Waals surface area contributed by atoms with Crippen molar-refractivity contribution in [2.45, 2.75) is 18.5 Å². The third-order valence-corrected chi connectivity index (χ3v) is 8.20. The van der Waals surface area contributed by atoms with E-state index >= 15 is 0 Å². The molecule has 2 fully saturated rings. The van der Waals surface area contributed by atoms with E-state index in [0.29, 0.717) is 6.54 Å². The molecule has 2 saturated heterocycles. The molecule has 4 rings (SSSR count). The average molecular weight is 455 g/mol. The van der Waals surface area contributed by atoms with E-state index in [-0.39, 0.29) is 36.0 Å². The molecule has 2 aromatic rings. The Hall–Kier alpha value is -1.22. The van der Waals surface area contributed by atoms with Crippen LogP contribution >= 0.6 is 27.3 Å². The van der Waals surface area contributed by atoms with E-state index in [1.165, 1.54) is 4.88 Å². The molecule has 26 heavy (non-hydrogen) atoms. The number of piperazine rings is 1. The summed E-state index contributed by atoms with van der Waals surface area (Å²) in [6.45, 7) is 0.968. The number of anilines is 1. The summed E-state index contributed by atoms with van der Waals surface area (Å²) in [5.74, 6) is 0.133. The van der Waals surface area contributed by atoms with E-state index in [4.69, 9.17) is 0 Å². The first-order valence-electron chi connectivity index (χ1n) is 8.47. The van der Waals surface area contributed by atoms with Gasteiger partial charge in [-0.25, -0.2) is 8.42 Å². The van der Waals surface area contributed by atoms with Gasteiger partial charge in [-0.05, 0) is 42.1 Å². The van der Waals surface area contributed by atoms with Gasteiger partial charge < -0.3 is 4.90 Å². The lowest BCUT2D eigenvalue weighted by molar-refractivity contribution is -0.123. The van der Waals surface area contributed by atoms with Crippen LogP contribution in [0.1, 0.15) is 4.88 Å². The highest BCUT2D eigenvalue weighted by Crippen LogP contribution is 2.32. The molecular formula is C18H19BrN2O3S2. The highest BCUT2D eigenvalue weighted by molar-refractivity contribution is 9.10. The van der Waals surface area contributed by atoms with Gasteiger partial charge in [-0.15, -0.1) is 11.3 Å². The zero-order valence-electron chi connectivity index (χ0n) is 14.0. The van der Waals surface area contributed by atoms with Crippen LogP contribution in [0.3, 0.4) is 0 Å². The third-order valence-electron chi connectivity index (χ3n) is 5.03. The molecule has 0 radical (unpaired) electrons. The van der Waals surface area contributed by atoms with Crippen molar-refractivity contribution in [2.75, 3.05) is 29.5 Å². The molecule has 8 heteroatoms. The lowest BCUT2D eigenvalue weighted by atomic mass is 10.0. The fourth-order valence-electron chi connectivity index (χ4n) is 3.85. The normalized spacial score (nSPS) is 25.4. The summed E-state index contributed by atoms with van der Waals surface area (Å²) in [6, 6.07) is 11.1. The van der Waals surface area contributed by atoms with Crippen molar-refractivity contribution in [3.63, 3.8) is 0 Å². The predicted molar refractivity (Wildman–Crippen MR) is 107 cm³/mol. The SMILES string of the molecule is O=C1CN(CCc2cccs2)[C@H]2CS(=O)(=O)C[C@@H]2N1c1ccc(Br)cc1. The van der Waals surface area contributed by atoms with E-state index in [1.807, 2.05) is 35.7 Å². The van der Waals surface area contributed by atoms with Crippen LogP contribution < -0.4 is 4.90 Å². The summed E-state index contributed by atoms with van der Waals surface area (Å²) >= 11 is 5.09. The first kappa shape index (κ1) is 18.2. The molecule has 0 bridgehead atoms. The van der Waals surface area contributed by atoms with Gasteiger partial charge in [-0.1, -0.05) is 22.0 Å². The molecule has 1 aromatic heterocycles. The van der Waals surface area contributed by atoms with E-state index in [0.717, 1.165) is 16.6 Å². The van der Waals surface area contributed by atoms with Gasteiger partial charge in [0, 0.05) is 27.6 Å². The van der Waals surface area contributed by atoms with Crippen molar-refractivity contribution in [3.8, 4) is 0 Å². The summed E-state index contributed by atoms with van der Waals surface area (Å²) in [5.41, 5.74) is 0.767. The van der Waals surface area contributed by atoms with Crippen molar-refractivity contribution in [1.29, 1.82) is 0 Å². The van der Waals surface area contributed by atoms with Crippen molar-refractivity contribution < 1.29 is 13.2 Å². The largest absolute Gasteiger partial charge is 0.306 e. The summed E-state index contributed by atoms with van der Waals surface area (Å²) in [7, 11) is -3.15. The van der Waals surface area contributed by atoms with Crippen LogP contribution in [-0.4, -0.2) is 55.9 Å². The van der Waals surface area contributed by atoms with E-state index in [1.54, 1.807) is 16.2 Å². The Bertz CT molecular complexity index is 897. The molecule has 0 N–H and O–H groups in total. The van der Waals surface area contributed by atoms with Gasteiger partial charge in [0.1, 0.15) is 0 Å². The standard InChI is InChI=1S/C18H19BrN2O3S2/c19-13-3-5-14(6-4-13)21-17-12-26(23,24)11-16(17)20(10-18(21)22)8-7-15-2-1-9-25-15/h1-6,9,16-17H,7-8,10-12H2/t16-,17-/m0/s1. The van der Waals surface area contributed by atoms with Crippen LogP contribution in [0, 0.1) is 0 Å². The Morgan fingerprint density at radius 2 is 1.85 bits per heavy atom. The minimum absolute atomic E-state index is 0.0307. The number of hydrogen-bond acceptors (Lipinski definition) is 5. The lowest BCUT2D eigenvalue weighted by Crippen LogP contribution is -2.62. The van der Waals surface area contributed by atoms with E-state index in [9.17, 15) is 13.2 Å². The molecule has 0 unspecified atom stereocenters. The van der Waals surface area contributed by atoms with Crippen LogP contribution in [0.25, 0.3) is 0 Å². The maximum absolute atomic E-state index is 12.9. The smallest absolute Gasteiger partial charge is 0.241 e. The van der Waals surface area contributed by atoms with Crippen molar-refractivity contribution in [3.05, 3.63) is 51.1 Å². The minimum atomic E-state index is -3.15. The van der Waals surface area contributed by atoms with Crippen LogP contribution in [0.2, 0.25) is 0 Å². The fourth-order valence-corrected chi connectivity index (χ4v) is 6.79. The molecule has 2 aliphatic rings. The predicted octanol–water partition coefficient (Wildman–Crippen LogP) is 2.57. The van der Waals surface area contributed by atoms with Crippen LogP contribution in [0.4, 0.5) is 5.69 Å². The van der Waals surface area contributed by atoms with Gasteiger partial charge in [0.25, 0.3) is 0 Å². The molecular weight excluding hydrogens is 436 g/mol. The number of benzene rings is 1. The number of halogens is 1. The monoisotopic (exact) mass is 454 g/mol. The Labute approximate surface area is 165 Å². The Morgan fingerprint density at radius 1 is 1.12 bits per heavy atom. The quantitative estimate of drug-likeness (QED) is 0.711. The lowest BCUT2D eigenvalue weighted by Gasteiger charge is -2.43. The highest BCUT2D eigenvalue weighted by atomic mass is 79.9. The van der Waals surface area contributed by atoms with Gasteiger partial charge in [0.2, 0.25) is 5.91 Å². The number of sulfone groups is 1. The van der Waals surface area contributed by atoms with Crippen LogP contribution in [0.5, 0.6) is 0 Å². The molecule has 0 aliphatic carbocycles. The number of rotatable bonds is 4. The van der Waals surface area contributed by atoms with Gasteiger partial charge in [0.05, 0.1) is 24.1 Å². The van der Waals surface area contributed by atoms with Crippen LogP contribution in [0.15, 0.2) is 46.3 Å². The zero-order chi connectivity index (χ0) is 18.3. The van der Waals surface area contributed by atoms with Crippen molar-refractivity contribution >= 4 is 48.7 Å². The Morgan fingerprint density at radius 3 is 2.54 bits per heavy atom. The van der Waals surface area contributed by atoms with Gasteiger partial charge in [-0.2, -0.15) is 0 Å². The Kier molecular flexibility index (Phi) is 4.94. The molecule has 1 aromatic carbocycles. The molecule has 0 saturated carbocycles. The maximum atomic E-state index is 12.9. The third kappa shape index (κ3) is 3.60.